The van der Waals surface area contributed by atoms with Crippen LogP contribution in [0, 0.1) is 0 Å². The van der Waals surface area contributed by atoms with Gasteiger partial charge in [0.1, 0.15) is 5.54 Å². The van der Waals surface area contributed by atoms with E-state index >= 15 is 0 Å². The number of hydrogen-bond donors (Lipinski definition) is 3. The molecule has 2 aromatic carbocycles. The summed E-state index contributed by atoms with van der Waals surface area (Å²) in [5.41, 5.74) is 1.24. The SMILES string of the molecule is O=C(CCCN1C(=O)NC2(CCCC2)C1=O)NN1C(=O)NC(c2ccccc2)(c2ccccc2)C1=O. The normalized spacial score (nSPS) is 20.1. The molecule has 1 saturated carbocycles. The fourth-order valence-corrected chi connectivity index (χ4v) is 5.34. The van der Waals surface area contributed by atoms with Crippen molar-refractivity contribution in [2.45, 2.75) is 49.6 Å². The van der Waals surface area contributed by atoms with Gasteiger partial charge in [0.05, 0.1) is 0 Å². The molecular formula is C26H27N5O5. The molecule has 2 aromatic rings. The van der Waals surface area contributed by atoms with E-state index in [9.17, 15) is 24.0 Å². The smallest absolute Gasteiger partial charge is 0.323 e. The van der Waals surface area contributed by atoms with Gasteiger partial charge in [0, 0.05) is 13.0 Å². The quantitative estimate of drug-likeness (QED) is 0.514. The summed E-state index contributed by atoms with van der Waals surface area (Å²) in [4.78, 5) is 65.4. The van der Waals surface area contributed by atoms with Crippen molar-refractivity contribution in [3.63, 3.8) is 0 Å². The largest absolute Gasteiger partial charge is 0.344 e. The van der Waals surface area contributed by atoms with Crippen molar-refractivity contribution >= 4 is 29.8 Å². The minimum absolute atomic E-state index is 0.0786. The van der Waals surface area contributed by atoms with Crippen LogP contribution in [0.5, 0.6) is 0 Å². The molecule has 0 radical (unpaired) electrons. The number of rotatable bonds is 7. The Morgan fingerprint density at radius 1 is 0.806 bits per heavy atom. The lowest BCUT2D eigenvalue weighted by atomic mass is 9.83. The first kappa shape index (κ1) is 23.5. The third-order valence-electron chi connectivity index (χ3n) is 7.16. The zero-order valence-electron chi connectivity index (χ0n) is 19.7. The molecule has 7 amide bonds. The standard InChI is InChI=1S/C26H27N5O5/c32-20(14-9-17-30-21(33)25(27-23(30)35)15-7-8-16-25)29-31-22(34)26(28-24(31)36,18-10-3-1-4-11-18)19-12-5-2-6-13-19/h1-6,10-13H,7-9,14-17H2,(H,27,35)(H,28,36)(H,29,32). The molecule has 10 nitrogen and oxygen atoms in total. The van der Waals surface area contributed by atoms with E-state index in [4.69, 9.17) is 0 Å². The first-order valence-corrected chi connectivity index (χ1v) is 12.1. The molecule has 10 heteroatoms. The number of hydrazine groups is 1. The van der Waals surface area contributed by atoms with Crippen molar-refractivity contribution in [2.24, 2.45) is 0 Å². The Hall–Kier alpha value is -4.21. The number of hydrogen-bond acceptors (Lipinski definition) is 5. The zero-order chi connectivity index (χ0) is 25.3. The second-order valence-corrected chi connectivity index (χ2v) is 9.37. The van der Waals surface area contributed by atoms with E-state index in [2.05, 4.69) is 16.1 Å². The summed E-state index contributed by atoms with van der Waals surface area (Å²) in [5, 5.41) is 6.27. The maximum atomic E-state index is 13.6. The first-order valence-electron chi connectivity index (χ1n) is 12.1. The molecule has 36 heavy (non-hydrogen) atoms. The number of imide groups is 2. The van der Waals surface area contributed by atoms with Crippen LogP contribution in [-0.4, -0.2) is 51.8 Å². The van der Waals surface area contributed by atoms with Crippen molar-refractivity contribution in [3.8, 4) is 0 Å². The Balaban J connectivity index is 1.26. The highest BCUT2D eigenvalue weighted by Crippen LogP contribution is 2.36. The van der Waals surface area contributed by atoms with Crippen molar-refractivity contribution in [1.82, 2.24) is 26.0 Å². The summed E-state index contributed by atoms with van der Waals surface area (Å²) >= 11 is 0. The summed E-state index contributed by atoms with van der Waals surface area (Å²) in [6, 6.07) is 16.5. The second-order valence-electron chi connectivity index (χ2n) is 9.37. The highest BCUT2D eigenvalue weighted by atomic mass is 16.2. The van der Waals surface area contributed by atoms with E-state index in [1.165, 1.54) is 0 Å². The second kappa shape index (κ2) is 9.10. The number of urea groups is 2. The van der Waals surface area contributed by atoms with Crippen LogP contribution < -0.4 is 16.1 Å². The summed E-state index contributed by atoms with van der Waals surface area (Å²) in [5.74, 6) is -1.44. The Kier molecular flexibility index (Phi) is 5.95. The van der Waals surface area contributed by atoms with E-state index in [-0.39, 0.29) is 25.3 Å². The molecular weight excluding hydrogens is 462 g/mol. The number of nitrogens with zero attached hydrogens (tertiary/aromatic N) is 2. The van der Waals surface area contributed by atoms with Gasteiger partial charge in [-0.3, -0.25) is 24.7 Å². The molecule has 0 atom stereocenters. The van der Waals surface area contributed by atoms with Gasteiger partial charge in [0.15, 0.2) is 5.54 Å². The van der Waals surface area contributed by atoms with Crippen LogP contribution in [0.3, 0.4) is 0 Å². The van der Waals surface area contributed by atoms with Gasteiger partial charge in [0.25, 0.3) is 11.8 Å². The van der Waals surface area contributed by atoms with Crippen molar-refractivity contribution in [2.75, 3.05) is 6.54 Å². The van der Waals surface area contributed by atoms with Gasteiger partial charge < -0.3 is 10.6 Å². The Labute approximate surface area is 208 Å². The molecule has 2 heterocycles. The highest BCUT2D eigenvalue weighted by molar-refractivity contribution is 6.10. The number of carbonyl (C=O) groups excluding carboxylic acids is 5. The van der Waals surface area contributed by atoms with Gasteiger partial charge >= 0.3 is 12.1 Å². The van der Waals surface area contributed by atoms with Gasteiger partial charge in [-0.25, -0.2) is 9.59 Å². The molecule has 3 N–H and O–H groups in total. The lowest BCUT2D eigenvalue weighted by Crippen LogP contribution is -2.49. The Morgan fingerprint density at radius 2 is 1.39 bits per heavy atom. The number of nitrogens with one attached hydrogen (secondary N) is 3. The van der Waals surface area contributed by atoms with Crippen LogP contribution in [0.2, 0.25) is 0 Å². The average molecular weight is 490 g/mol. The van der Waals surface area contributed by atoms with Gasteiger partial charge in [-0.05, 0) is 30.4 Å². The van der Waals surface area contributed by atoms with Gasteiger partial charge in [-0.15, -0.1) is 0 Å². The topological polar surface area (TPSA) is 128 Å². The van der Waals surface area contributed by atoms with Crippen molar-refractivity contribution in [1.29, 1.82) is 0 Å². The molecule has 0 unspecified atom stereocenters. The Bertz CT molecular complexity index is 1170. The summed E-state index contributed by atoms with van der Waals surface area (Å²) in [6.07, 6.45) is 3.16. The van der Waals surface area contributed by atoms with Crippen LogP contribution in [0.25, 0.3) is 0 Å². The molecule has 5 rings (SSSR count). The lowest BCUT2D eigenvalue weighted by Gasteiger charge is -2.27. The monoisotopic (exact) mass is 489 g/mol. The molecule has 3 fully saturated rings. The van der Waals surface area contributed by atoms with Crippen molar-refractivity contribution in [3.05, 3.63) is 71.8 Å². The summed E-state index contributed by atoms with van der Waals surface area (Å²) in [6.45, 7) is 0.0813. The molecule has 186 valence electrons. The van der Waals surface area contributed by atoms with Crippen LogP contribution in [0.15, 0.2) is 60.7 Å². The molecule has 2 aliphatic heterocycles. The van der Waals surface area contributed by atoms with E-state index in [0.717, 1.165) is 17.7 Å². The van der Waals surface area contributed by atoms with Crippen LogP contribution in [-0.2, 0) is 19.9 Å². The molecule has 0 aromatic heterocycles. The van der Waals surface area contributed by atoms with Gasteiger partial charge in [0.2, 0.25) is 5.91 Å². The average Bonchev–Trinajstić information content (AvgIpc) is 3.53. The summed E-state index contributed by atoms with van der Waals surface area (Å²) in [7, 11) is 0. The minimum Gasteiger partial charge on any atom is -0.323 e. The molecule has 3 aliphatic rings. The fraction of sp³-hybridized carbons (Fsp3) is 0.346. The highest BCUT2D eigenvalue weighted by Gasteiger charge is 2.55. The third kappa shape index (κ3) is 3.78. The van der Waals surface area contributed by atoms with E-state index < -0.39 is 35.0 Å². The number of carbonyl (C=O) groups is 5. The molecule has 2 saturated heterocycles. The van der Waals surface area contributed by atoms with Crippen LogP contribution >= 0.6 is 0 Å². The van der Waals surface area contributed by atoms with Gasteiger partial charge in [-0.2, -0.15) is 5.01 Å². The lowest BCUT2D eigenvalue weighted by molar-refractivity contribution is -0.138. The zero-order valence-corrected chi connectivity index (χ0v) is 19.7. The Morgan fingerprint density at radius 3 is 1.97 bits per heavy atom. The maximum absolute atomic E-state index is 13.6. The predicted molar refractivity (Wildman–Crippen MR) is 128 cm³/mol. The first-order chi connectivity index (χ1) is 17.4. The van der Waals surface area contributed by atoms with E-state index in [1.807, 2.05) is 12.1 Å². The van der Waals surface area contributed by atoms with Crippen LogP contribution in [0.4, 0.5) is 9.59 Å². The number of benzene rings is 2. The van der Waals surface area contributed by atoms with E-state index in [0.29, 0.717) is 29.0 Å². The van der Waals surface area contributed by atoms with Crippen molar-refractivity contribution < 1.29 is 24.0 Å². The molecule has 0 bridgehead atoms. The van der Waals surface area contributed by atoms with E-state index in [1.54, 1.807) is 48.5 Å². The molecule has 1 aliphatic carbocycles. The third-order valence-corrected chi connectivity index (χ3v) is 7.16. The summed E-state index contributed by atoms with van der Waals surface area (Å²) < 4.78 is 0. The van der Waals surface area contributed by atoms with Gasteiger partial charge in [-0.1, -0.05) is 73.5 Å². The van der Waals surface area contributed by atoms with Crippen LogP contribution in [0.1, 0.15) is 49.7 Å². The minimum atomic E-state index is -1.48. The predicted octanol–water partition coefficient (Wildman–Crippen LogP) is 2.16. The maximum Gasteiger partial charge on any atom is 0.344 e. The number of amides is 7. The molecule has 1 spiro atoms. The fourth-order valence-electron chi connectivity index (χ4n) is 5.34.